The SMILES string of the molecule is CSCCC(NC(=O)OCC1c2ccccc2-c2ccccc21)C(=O)NCC1CCOC1C(=O)O. The van der Waals surface area contributed by atoms with Crippen LogP contribution in [0.15, 0.2) is 48.5 Å². The molecule has 1 saturated heterocycles. The fourth-order valence-electron chi connectivity index (χ4n) is 4.76. The minimum atomic E-state index is -1.03. The molecule has 0 spiro atoms. The van der Waals surface area contributed by atoms with Crippen LogP contribution in [0.4, 0.5) is 4.79 Å². The lowest BCUT2D eigenvalue weighted by Crippen LogP contribution is -2.49. The summed E-state index contributed by atoms with van der Waals surface area (Å²) in [5, 5.41) is 14.7. The third kappa shape index (κ3) is 5.79. The van der Waals surface area contributed by atoms with Gasteiger partial charge in [0.05, 0.1) is 0 Å². The Morgan fingerprint density at radius 3 is 2.40 bits per heavy atom. The number of amides is 2. The molecule has 0 aromatic heterocycles. The molecule has 1 heterocycles. The standard InChI is InChI=1S/C26H30N2O6S/c1-35-13-11-22(24(29)27-14-16-10-12-33-23(16)25(30)31)28-26(32)34-15-21-19-8-4-2-6-17(19)18-7-3-5-9-20(18)21/h2-9,16,21-23H,10-15H2,1H3,(H,27,29)(H,28,32)(H,30,31). The Bertz CT molecular complexity index is 1030. The molecule has 3 unspecified atom stereocenters. The molecule has 3 N–H and O–H groups in total. The van der Waals surface area contributed by atoms with Gasteiger partial charge in [0.25, 0.3) is 0 Å². The van der Waals surface area contributed by atoms with E-state index in [0.717, 1.165) is 22.3 Å². The number of rotatable bonds is 10. The van der Waals surface area contributed by atoms with Crippen LogP contribution >= 0.6 is 11.8 Å². The molecule has 8 nitrogen and oxygen atoms in total. The van der Waals surface area contributed by atoms with Gasteiger partial charge in [-0.2, -0.15) is 11.8 Å². The number of hydrogen-bond acceptors (Lipinski definition) is 6. The van der Waals surface area contributed by atoms with Crippen molar-refractivity contribution in [3.63, 3.8) is 0 Å². The minimum Gasteiger partial charge on any atom is -0.479 e. The molecule has 2 aliphatic rings. The zero-order chi connectivity index (χ0) is 24.8. The molecular formula is C26H30N2O6S. The highest BCUT2D eigenvalue weighted by Crippen LogP contribution is 2.44. The lowest BCUT2D eigenvalue weighted by atomic mass is 9.98. The summed E-state index contributed by atoms with van der Waals surface area (Å²) >= 11 is 1.57. The molecule has 1 aliphatic carbocycles. The summed E-state index contributed by atoms with van der Waals surface area (Å²) in [6, 6.07) is 15.4. The minimum absolute atomic E-state index is 0.0676. The number of carboxylic acid groups (broad SMARTS) is 1. The summed E-state index contributed by atoms with van der Waals surface area (Å²) in [6.07, 6.45) is 1.35. The molecule has 0 radical (unpaired) electrons. The average Bonchev–Trinajstić information content (AvgIpc) is 3.47. The predicted molar refractivity (Wildman–Crippen MR) is 133 cm³/mol. The Hall–Kier alpha value is -3.04. The molecule has 3 atom stereocenters. The maximum atomic E-state index is 12.8. The highest BCUT2D eigenvalue weighted by Gasteiger charge is 2.35. The zero-order valence-corrected chi connectivity index (χ0v) is 20.4. The predicted octanol–water partition coefficient (Wildman–Crippen LogP) is 3.25. The second kappa shape index (κ2) is 11.6. The van der Waals surface area contributed by atoms with Gasteiger partial charge in [0.1, 0.15) is 12.6 Å². The first-order chi connectivity index (χ1) is 17.0. The summed E-state index contributed by atoms with van der Waals surface area (Å²) in [6.45, 7) is 0.694. The van der Waals surface area contributed by atoms with Gasteiger partial charge < -0.3 is 25.2 Å². The number of thioether (sulfide) groups is 1. The van der Waals surface area contributed by atoms with Crippen LogP contribution in [0.3, 0.4) is 0 Å². The van der Waals surface area contributed by atoms with Gasteiger partial charge in [-0.25, -0.2) is 9.59 Å². The first kappa shape index (κ1) is 25.1. The maximum absolute atomic E-state index is 12.8. The number of carboxylic acids is 1. The quantitative estimate of drug-likeness (QED) is 0.461. The van der Waals surface area contributed by atoms with E-state index in [9.17, 15) is 19.5 Å². The lowest BCUT2D eigenvalue weighted by molar-refractivity contribution is -0.149. The first-order valence-electron chi connectivity index (χ1n) is 11.7. The van der Waals surface area contributed by atoms with Crippen molar-refractivity contribution in [1.82, 2.24) is 10.6 Å². The van der Waals surface area contributed by atoms with Gasteiger partial charge in [-0.05, 0) is 47.1 Å². The van der Waals surface area contributed by atoms with Crippen molar-refractivity contribution in [2.24, 2.45) is 5.92 Å². The van der Waals surface area contributed by atoms with Crippen LogP contribution in [-0.4, -0.2) is 67.0 Å². The van der Waals surface area contributed by atoms with E-state index in [1.165, 1.54) is 0 Å². The van der Waals surface area contributed by atoms with Gasteiger partial charge in [-0.3, -0.25) is 4.79 Å². The normalized spacial score (nSPS) is 19.5. The van der Waals surface area contributed by atoms with Gasteiger partial charge in [0.15, 0.2) is 6.10 Å². The second-order valence-corrected chi connectivity index (χ2v) is 9.71. The molecule has 4 rings (SSSR count). The van der Waals surface area contributed by atoms with Crippen LogP contribution in [0.2, 0.25) is 0 Å². The van der Waals surface area contributed by atoms with Crippen molar-refractivity contribution in [1.29, 1.82) is 0 Å². The monoisotopic (exact) mass is 498 g/mol. The van der Waals surface area contributed by atoms with Crippen molar-refractivity contribution >= 4 is 29.7 Å². The highest BCUT2D eigenvalue weighted by molar-refractivity contribution is 7.98. The summed E-state index contributed by atoms with van der Waals surface area (Å²) in [5.74, 6) is -1.08. The maximum Gasteiger partial charge on any atom is 0.407 e. The molecular weight excluding hydrogens is 468 g/mol. The summed E-state index contributed by atoms with van der Waals surface area (Å²) < 4.78 is 10.8. The van der Waals surface area contributed by atoms with Crippen molar-refractivity contribution in [2.45, 2.75) is 30.9 Å². The molecule has 1 fully saturated rings. The van der Waals surface area contributed by atoms with Crippen molar-refractivity contribution in [2.75, 3.05) is 31.8 Å². The van der Waals surface area contributed by atoms with E-state index in [4.69, 9.17) is 9.47 Å². The highest BCUT2D eigenvalue weighted by atomic mass is 32.2. The van der Waals surface area contributed by atoms with E-state index in [2.05, 4.69) is 22.8 Å². The topological polar surface area (TPSA) is 114 Å². The Morgan fingerprint density at radius 2 is 1.77 bits per heavy atom. The van der Waals surface area contributed by atoms with Crippen LogP contribution in [0.5, 0.6) is 0 Å². The number of fused-ring (bicyclic) bond motifs is 3. The van der Waals surface area contributed by atoms with E-state index in [1.807, 2.05) is 42.7 Å². The summed E-state index contributed by atoms with van der Waals surface area (Å²) in [7, 11) is 0. The molecule has 2 aromatic carbocycles. The number of benzene rings is 2. The number of aliphatic carboxylic acids is 1. The van der Waals surface area contributed by atoms with Crippen LogP contribution in [0.25, 0.3) is 11.1 Å². The fourth-order valence-corrected chi connectivity index (χ4v) is 5.23. The molecule has 0 bridgehead atoms. The molecule has 186 valence electrons. The van der Waals surface area contributed by atoms with Crippen LogP contribution in [0.1, 0.15) is 29.9 Å². The van der Waals surface area contributed by atoms with Gasteiger partial charge in [0.2, 0.25) is 5.91 Å². The van der Waals surface area contributed by atoms with E-state index in [1.54, 1.807) is 11.8 Å². The molecule has 9 heteroatoms. The van der Waals surface area contributed by atoms with Gasteiger partial charge >= 0.3 is 12.1 Å². The van der Waals surface area contributed by atoms with Gasteiger partial charge in [-0.15, -0.1) is 0 Å². The van der Waals surface area contributed by atoms with Crippen LogP contribution in [-0.2, 0) is 19.1 Å². The number of ether oxygens (including phenoxy) is 2. The average molecular weight is 499 g/mol. The van der Waals surface area contributed by atoms with E-state index in [-0.39, 0.29) is 30.9 Å². The largest absolute Gasteiger partial charge is 0.479 e. The number of carbonyl (C=O) groups excluding carboxylic acids is 2. The molecule has 2 aromatic rings. The molecule has 1 aliphatic heterocycles. The van der Waals surface area contributed by atoms with E-state index < -0.39 is 24.2 Å². The van der Waals surface area contributed by atoms with Gasteiger partial charge in [0, 0.05) is 25.0 Å². The number of alkyl carbamates (subject to hydrolysis) is 1. The Morgan fingerprint density at radius 1 is 1.11 bits per heavy atom. The third-order valence-electron chi connectivity index (χ3n) is 6.56. The molecule has 2 amide bonds. The molecule has 0 saturated carbocycles. The smallest absolute Gasteiger partial charge is 0.407 e. The van der Waals surface area contributed by atoms with Crippen LogP contribution in [0, 0.1) is 5.92 Å². The summed E-state index contributed by atoms with van der Waals surface area (Å²) in [5.41, 5.74) is 4.52. The number of hydrogen-bond donors (Lipinski definition) is 3. The number of carbonyl (C=O) groups is 3. The Balaban J connectivity index is 1.35. The summed E-state index contributed by atoms with van der Waals surface area (Å²) in [4.78, 5) is 36.8. The Labute approximate surface area is 208 Å². The van der Waals surface area contributed by atoms with E-state index >= 15 is 0 Å². The zero-order valence-electron chi connectivity index (χ0n) is 19.6. The first-order valence-corrected chi connectivity index (χ1v) is 13.1. The number of nitrogens with one attached hydrogen (secondary N) is 2. The molecule has 35 heavy (non-hydrogen) atoms. The van der Waals surface area contributed by atoms with Crippen molar-refractivity contribution < 1.29 is 29.0 Å². The third-order valence-corrected chi connectivity index (χ3v) is 7.20. The van der Waals surface area contributed by atoms with E-state index in [0.29, 0.717) is 25.2 Å². The van der Waals surface area contributed by atoms with Crippen LogP contribution < -0.4 is 10.6 Å². The van der Waals surface area contributed by atoms with Crippen molar-refractivity contribution in [3.8, 4) is 11.1 Å². The lowest BCUT2D eigenvalue weighted by Gasteiger charge is -2.21. The fraction of sp³-hybridized carbons (Fsp3) is 0.423. The van der Waals surface area contributed by atoms with Crippen molar-refractivity contribution in [3.05, 3.63) is 59.7 Å². The van der Waals surface area contributed by atoms with Gasteiger partial charge in [-0.1, -0.05) is 48.5 Å². The second-order valence-electron chi connectivity index (χ2n) is 8.73. The Kier molecular flexibility index (Phi) is 8.30.